The number of hydrogen-bond acceptors (Lipinski definition) is 2. The minimum absolute atomic E-state index is 0.903. The molecule has 34 heavy (non-hydrogen) atoms. The second kappa shape index (κ2) is 7.42. The highest BCUT2D eigenvalue weighted by Gasteiger charge is 2.17. The monoisotopic (exact) mass is 436 g/mol. The van der Waals surface area contributed by atoms with Crippen LogP contribution in [0.2, 0.25) is 0 Å². The summed E-state index contributed by atoms with van der Waals surface area (Å²) in [6.07, 6.45) is 5.77. The van der Waals surface area contributed by atoms with Crippen molar-refractivity contribution in [2.45, 2.75) is 0 Å². The molecule has 7 rings (SSSR count). The van der Waals surface area contributed by atoms with Crippen molar-refractivity contribution in [3.05, 3.63) is 122 Å². The van der Waals surface area contributed by atoms with E-state index < -0.39 is 0 Å². The maximum Gasteiger partial charge on any atom is 0.138 e. The molecule has 0 fully saturated rings. The summed E-state index contributed by atoms with van der Waals surface area (Å²) >= 11 is 0. The highest BCUT2D eigenvalue weighted by atomic mass is 15.1. The van der Waals surface area contributed by atoms with E-state index in [1.165, 1.54) is 27.2 Å². The molecule has 4 heterocycles. The van der Waals surface area contributed by atoms with E-state index in [2.05, 4.69) is 99.2 Å². The van der Waals surface area contributed by atoms with Gasteiger partial charge in [0.25, 0.3) is 0 Å². The molecule has 0 aliphatic carbocycles. The zero-order valence-corrected chi connectivity index (χ0v) is 18.3. The molecule has 0 spiro atoms. The Morgan fingerprint density at radius 2 is 1.38 bits per heavy atom. The van der Waals surface area contributed by atoms with Gasteiger partial charge in [0.1, 0.15) is 5.82 Å². The lowest BCUT2D eigenvalue weighted by Gasteiger charge is -2.10. The van der Waals surface area contributed by atoms with Crippen molar-refractivity contribution in [3.63, 3.8) is 0 Å². The molecule has 0 bridgehead atoms. The van der Waals surface area contributed by atoms with Gasteiger partial charge in [-0.15, -0.1) is 0 Å². The second-order valence-electron chi connectivity index (χ2n) is 8.39. The molecule has 0 unspecified atom stereocenters. The number of nitrogens with zero attached hydrogens (tertiary/aromatic N) is 4. The van der Waals surface area contributed by atoms with Crippen molar-refractivity contribution in [2.75, 3.05) is 0 Å². The van der Waals surface area contributed by atoms with E-state index >= 15 is 0 Å². The minimum atomic E-state index is 0.903. The van der Waals surface area contributed by atoms with Crippen molar-refractivity contribution >= 4 is 32.7 Å². The molecule has 0 atom stereocenters. The fraction of sp³-hybridized carbons (Fsp3) is 0. The van der Waals surface area contributed by atoms with E-state index in [1.807, 2.05) is 24.3 Å². The molecule has 7 aromatic rings. The van der Waals surface area contributed by atoms with Crippen LogP contribution in [0.1, 0.15) is 0 Å². The molecule has 0 aliphatic rings. The standard InChI is InChI=1S/C30H20N4/c1-2-7-22(8-3-1)33-20-17-25-27(33)14-13-24-23-9-4-5-11-28(23)34(30(24)25)29-12-6-10-26(32-29)21-15-18-31-19-16-21/h1-20H. The van der Waals surface area contributed by atoms with E-state index in [-0.39, 0.29) is 0 Å². The summed E-state index contributed by atoms with van der Waals surface area (Å²) in [5, 5.41) is 3.65. The maximum absolute atomic E-state index is 5.09. The Morgan fingerprint density at radius 3 is 2.26 bits per heavy atom. The zero-order valence-electron chi connectivity index (χ0n) is 18.3. The zero-order chi connectivity index (χ0) is 22.5. The van der Waals surface area contributed by atoms with Crippen LogP contribution in [0.3, 0.4) is 0 Å². The number of hydrogen-bond donors (Lipinski definition) is 0. The molecule has 3 aromatic carbocycles. The van der Waals surface area contributed by atoms with Gasteiger partial charge in [0.15, 0.2) is 0 Å². The van der Waals surface area contributed by atoms with Gasteiger partial charge in [0.2, 0.25) is 0 Å². The van der Waals surface area contributed by atoms with Gasteiger partial charge >= 0.3 is 0 Å². The van der Waals surface area contributed by atoms with Crippen LogP contribution in [0.15, 0.2) is 122 Å². The Balaban J connectivity index is 1.56. The first-order valence-corrected chi connectivity index (χ1v) is 11.3. The number of fused-ring (bicyclic) bond motifs is 5. The fourth-order valence-corrected chi connectivity index (χ4v) is 4.96. The largest absolute Gasteiger partial charge is 0.316 e. The van der Waals surface area contributed by atoms with Crippen LogP contribution in [-0.4, -0.2) is 19.1 Å². The van der Waals surface area contributed by atoms with E-state index in [0.29, 0.717) is 0 Å². The maximum atomic E-state index is 5.09. The summed E-state index contributed by atoms with van der Waals surface area (Å²) in [6.45, 7) is 0. The summed E-state index contributed by atoms with van der Waals surface area (Å²) in [5.41, 5.74) is 6.63. The third kappa shape index (κ3) is 2.79. The average molecular weight is 437 g/mol. The predicted octanol–water partition coefficient (Wildman–Crippen LogP) is 7.18. The molecule has 4 nitrogen and oxygen atoms in total. The third-order valence-electron chi connectivity index (χ3n) is 6.48. The highest BCUT2D eigenvalue weighted by molar-refractivity contribution is 6.18. The predicted molar refractivity (Wildman–Crippen MR) is 139 cm³/mol. The van der Waals surface area contributed by atoms with E-state index in [9.17, 15) is 0 Å². The molecule has 0 amide bonds. The molecule has 0 aliphatic heterocycles. The van der Waals surface area contributed by atoms with Gasteiger partial charge in [-0.2, -0.15) is 0 Å². The van der Waals surface area contributed by atoms with Gasteiger partial charge < -0.3 is 4.57 Å². The van der Waals surface area contributed by atoms with Crippen molar-refractivity contribution in [1.29, 1.82) is 0 Å². The summed E-state index contributed by atoms with van der Waals surface area (Å²) in [6, 6.07) is 35.9. The molecule has 4 heteroatoms. The number of benzene rings is 3. The first-order valence-electron chi connectivity index (χ1n) is 11.3. The van der Waals surface area contributed by atoms with Crippen LogP contribution >= 0.6 is 0 Å². The van der Waals surface area contributed by atoms with Crippen LogP contribution < -0.4 is 0 Å². The Kier molecular flexibility index (Phi) is 4.11. The first kappa shape index (κ1) is 18.8. The molecule has 0 N–H and O–H groups in total. The third-order valence-corrected chi connectivity index (χ3v) is 6.48. The smallest absolute Gasteiger partial charge is 0.138 e. The van der Waals surface area contributed by atoms with E-state index in [4.69, 9.17) is 4.98 Å². The van der Waals surface area contributed by atoms with Crippen molar-refractivity contribution in [2.24, 2.45) is 0 Å². The van der Waals surface area contributed by atoms with Gasteiger partial charge in [-0.25, -0.2) is 4.98 Å². The van der Waals surface area contributed by atoms with Crippen LogP contribution in [0, 0.1) is 0 Å². The highest BCUT2D eigenvalue weighted by Crippen LogP contribution is 2.37. The number of para-hydroxylation sites is 2. The van der Waals surface area contributed by atoms with Crippen molar-refractivity contribution in [1.82, 2.24) is 19.1 Å². The molecule has 4 aromatic heterocycles. The minimum Gasteiger partial charge on any atom is -0.316 e. The lowest BCUT2D eigenvalue weighted by atomic mass is 10.1. The van der Waals surface area contributed by atoms with E-state index in [1.54, 1.807) is 12.4 Å². The summed E-state index contributed by atoms with van der Waals surface area (Å²) in [7, 11) is 0. The lowest BCUT2D eigenvalue weighted by Crippen LogP contribution is -1.99. The molecule has 0 saturated heterocycles. The molecule has 160 valence electrons. The van der Waals surface area contributed by atoms with Gasteiger partial charge in [-0.05, 0) is 54.6 Å². The van der Waals surface area contributed by atoms with E-state index in [0.717, 1.165) is 28.3 Å². The summed E-state index contributed by atoms with van der Waals surface area (Å²) in [4.78, 5) is 9.24. The Hall–Kier alpha value is -4.70. The normalized spacial score (nSPS) is 11.5. The topological polar surface area (TPSA) is 35.6 Å². The van der Waals surface area contributed by atoms with Gasteiger partial charge in [0.05, 0.1) is 22.2 Å². The first-order chi connectivity index (χ1) is 16.9. The molecule has 0 saturated carbocycles. The van der Waals surface area contributed by atoms with Gasteiger partial charge in [-0.1, -0.05) is 48.5 Å². The lowest BCUT2D eigenvalue weighted by molar-refractivity contribution is 1.09. The molecule has 0 radical (unpaired) electrons. The van der Waals surface area contributed by atoms with Gasteiger partial charge in [-0.3, -0.25) is 9.55 Å². The molecular formula is C30H20N4. The van der Waals surface area contributed by atoms with Crippen molar-refractivity contribution < 1.29 is 0 Å². The Bertz CT molecular complexity index is 1790. The summed E-state index contributed by atoms with van der Waals surface area (Å²) < 4.78 is 4.55. The fourth-order valence-electron chi connectivity index (χ4n) is 4.96. The SMILES string of the molecule is c1ccc(-n2ccc3c2ccc2c4ccccc4n(-c4cccc(-c5ccncc5)n4)c23)cc1. The Labute approximate surface area is 196 Å². The van der Waals surface area contributed by atoms with Gasteiger partial charge in [0, 0.05) is 46.0 Å². The number of pyridine rings is 2. The van der Waals surface area contributed by atoms with Crippen LogP contribution in [0.25, 0.3) is 55.5 Å². The van der Waals surface area contributed by atoms with Crippen molar-refractivity contribution in [3.8, 4) is 22.8 Å². The Morgan fingerprint density at radius 1 is 0.559 bits per heavy atom. The number of aromatic nitrogens is 4. The quantitative estimate of drug-likeness (QED) is 0.294. The second-order valence-corrected chi connectivity index (χ2v) is 8.39. The summed E-state index contributed by atoms with van der Waals surface area (Å²) in [5.74, 6) is 0.903. The molecular weight excluding hydrogens is 416 g/mol. The van der Waals surface area contributed by atoms with Crippen LogP contribution in [0.4, 0.5) is 0 Å². The number of rotatable bonds is 3. The average Bonchev–Trinajstić information content (AvgIpc) is 3.49. The van der Waals surface area contributed by atoms with Crippen LogP contribution in [-0.2, 0) is 0 Å². The van der Waals surface area contributed by atoms with Crippen LogP contribution in [0.5, 0.6) is 0 Å².